The van der Waals surface area contributed by atoms with Crippen LogP contribution in [0, 0.1) is 33.5 Å². The Bertz CT molecular complexity index is 1140. The number of carbonyl (C=O) groups excluding carboxylic acids is 3. The highest BCUT2D eigenvalue weighted by Crippen LogP contribution is 2.82. The summed E-state index contributed by atoms with van der Waals surface area (Å²) in [7, 11) is 1.70. The molecule has 5 aliphatic rings. The van der Waals surface area contributed by atoms with E-state index in [1.807, 2.05) is 19.9 Å². The van der Waals surface area contributed by atoms with Gasteiger partial charge in [-0.3, -0.25) is 14.4 Å². The van der Waals surface area contributed by atoms with Crippen LogP contribution in [0.2, 0.25) is 0 Å². The summed E-state index contributed by atoms with van der Waals surface area (Å²) in [4.78, 5) is 39.6. The molecule has 1 spiro atoms. The molecule has 196 valence electrons. The molecule has 10 unspecified atom stereocenters. The van der Waals surface area contributed by atoms with E-state index in [0.717, 1.165) is 18.4 Å². The van der Waals surface area contributed by atoms with E-state index in [1.165, 1.54) is 6.92 Å². The molecule has 7 heteroatoms. The van der Waals surface area contributed by atoms with Crippen LogP contribution in [0.1, 0.15) is 78.7 Å². The van der Waals surface area contributed by atoms with Crippen molar-refractivity contribution in [3.05, 3.63) is 24.2 Å². The first-order chi connectivity index (χ1) is 16.8. The van der Waals surface area contributed by atoms with Crippen LogP contribution < -0.4 is 0 Å². The summed E-state index contributed by atoms with van der Waals surface area (Å²) in [6, 6.07) is 1.89. The van der Waals surface area contributed by atoms with Crippen molar-refractivity contribution in [3.63, 3.8) is 0 Å². The van der Waals surface area contributed by atoms with Gasteiger partial charge in [-0.2, -0.15) is 0 Å². The fourth-order valence-corrected chi connectivity index (χ4v) is 10.3. The standard InChI is InChI=1S/C29H38O7/c1-15(30)35-21-12-18-25(2,3)19(31)13-20(33-7)27(18,5)17-8-10-26(4)22(16-9-11-34-14-16)23(32)24-29(26,36-24)28(17,21)6/h9,11,14,17-18,20-22,24H,8,10,12-13H2,1-7H3. The molecule has 0 amide bonds. The molecule has 0 aromatic carbocycles. The number of ether oxygens (including phenoxy) is 3. The lowest BCUT2D eigenvalue weighted by Gasteiger charge is -2.69. The van der Waals surface area contributed by atoms with Crippen molar-refractivity contribution in [2.75, 3.05) is 7.11 Å². The lowest BCUT2D eigenvalue weighted by Crippen LogP contribution is -2.73. The van der Waals surface area contributed by atoms with Crippen LogP contribution in [0.5, 0.6) is 0 Å². The van der Waals surface area contributed by atoms with Crippen molar-refractivity contribution < 1.29 is 33.0 Å². The van der Waals surface area contributed by atoms with Crippen LogP contribution in [0.25, 0.3) is 0 Å². The van der Waals surface area contributed by atoms with Crippen LogP contribution in [-0.4, -0.2) is 48.6 Å². The minimum atomic E-state index is -0.750. The second-order valence-electron chi connectivity index (χ2n) is 13.2. The van der Waals surface area contributed by atoms with E-state index in [9.17, 15) is 14.4 Å². The van der Waals surface area contributed by atoms with Gasteiger partial charge >= 0.3 is 5.97 Å². The molecule has 10 atom stereocenters. The first-order valence-corrected chi connectivity index (χ1v) is 13.3. The Labute approximate surface area is 212 Å². The molecule has 36 heavy (non-hydrogen) atoms. The van der Waals surface area contributed by atoms with Gasteiger partial charge in [-0.1, -0.05) is 34.6 Å². The molecule has 5 fully saturated rings. The van der Waals surface area contributed by atoms with Crippen molar-refractivity contribution in [1.82, 2.24) is 0 Å². The predicted octanol–water partition coefficient (Wildman–Crippen LogP) is 4.48. The van der Waals surface area contributed by atoms with Gasteiger partial charge in [-0.15, -0.1) is 0 Å². The fourth-order valence-electron chi connectivity index (χ4n) is 10.3. The van der Waals surface area contributed by atoms with Crippen LogP contribution in [-0.2, 0) is 28.6 Å². The topological polar surface area (TPSA) is 95.3 Å². The van der Waals surface area contributed by atoms with Crippen molar-refractivity contribution in [1.29, 1.82) is 0 Å². The highest BCUT2D eigenvalue weighted by molar-refractivity contribution is 5.98. The average molecular weight is 499 g/mol. The fraction of sp³-hybridized carbons (Fsp3) is 0.759. The normalized spacial score (nSPS) is 50.5. The summed E-state index contributed by atoms with van der Waals surface area (Å²) in [5, 5.41) is 0. The molecule has 0 bridgehead atoms. The Morgan fingerprint density at radius 1 is 1.08 bits per heavy atom. The lowest BCUT2D eigenvalue weighted by atomic mass is 9.35. The van der Waals surface area contributed by atoms with E-state index < -0.39 is 34.1 Å². The summed E-state index contributed by atoms with van der Waals surface area (Å²) in [5.74, 6) is -0.366. The highest BCUT2D eigenvalue weighted by atomic mass is 16.6. The Morgan fingerprint density at radius 3 is 2.42 bits per heavy atom. The second-order valence-corrected chi connectivity index (χ2v) is 13.2. The molecule has 1 aliphatic heterocycles. The smallest absolute Gasteiger partial charge is 0.302 e. The Hall–Kier alpha value is -1.99. The van der Waals surface area contributed by atoms with Crippen molar-refractivity contribution >= 4 is 17.5 Å². The summed E-state index contributed by atoms with van der Waals surface area (Å²) >= 11 is 0. The van der Waals surface area contributed by atoms with Gasteiger partial charge in [0, 0.05) is 47.7 Å². The van der Waals surface area contributed by atoms with Crippen LogP contribution in [0.15, 0.2) is 23.0 Å². The van der Waals surface area contributed by atoms with Gasteiger partial charge in [0.25, 0.3) is 0 Å². The number of rotatable bonds is 3. The number of ketones is 2. The van der Waals surface area contributed by atoms with E-state index in [2.05, 4.69) is 20.8 Å². The number of carbonyl (C=O) groups is 3. The summed E-state index contributed by atoms with van der Waals surface area (Å²) in [5.41, 5.74) is -1.86. The number of esters is 1. The Balaban J connectivity index is 1.55. The zero-order chi connectivity index (χ0) is 26.1. The molecule has 0 N–H and O–H groups in total. The molecule has 2 heterocycles. The monoisotopic (exact) mass is 498 g/mol. The first kappa shape index (κ1) is 24.4. The largest absolute Gasteiger partial charge is 0.472 e. The maximum atomic E-state index is 13.8. The zero-order valence-electron chi connectivity index (χ0n) is 22.4. The maximum absolute atomic E-state index is 13.8. The third-order valence-electron chi connectivity index (χ3n) is 11.9. The first-order valence-electron chi connectivity index (χ1n) is 13.3. The molecule has 4 saturated carbocycles. The second kappa shape index (κ2) is 7.10. The van der Waals surface area contributed by atoms with Gasteiger partial charge in [0.2, 0.25) is 0 Å². The number of methoxy groups -OCH3 is 1. The zero-order valence-corrected chi connectivity index (χ0v) is 22.4. The van der Waals surface area contributed by atoms with Gasteiger partial charge in [0.15, 0.2) is 5.78 Å². The molecular weight excluding hydrogens is 460 g/mol. The number of furan rings is 1. The Morgan fingerprint density at radius 2 is 1.81 bits per heavy atom. The van der Waals surface area contributed by atoms with Crippen LogP contribution >= 0.6 is 0 Å². The average Bonchev–Trinajstić information content (AvgIpc) is 3.29. The van der Waals surface area contributed by atoms with Crippen molar-refractivity contribution in [2.45, 2.75) is 97.1 Å². The van der Waals surface area contributed by atoms with Gasteiger partial charge in [-0.25, -0.2) is 0 Å². The van der Waals surface area contributed by atoms with E-state index in [0.29, 0.717) is 12.8 Å². The molecule has 0 radical (unpaired) electrons. The minimum Gasteiger partial charge on any atom is -0.472 e. The number of fused-ring (bicyclic) bond motifs is 3. The quantitative estimate of drug-likeness (QED) is 0.448. The number of epoxide rings is 1. The molecule has 1 aromatic heterocycles. The third-order valence-corrected chi connectivity index (χ3v) is 11.9. The highest BCUT2D eigenvalue weighted by Gasteiger charge is 2.90. The number of hydrogen-bond acceptors (Lipinski definition) is 7. The van der Waals surface area contributed by atoms with E-state index in [1.54, 1.807) is 19.6 Å². The van der Waals surface area contributed by atoms with Crippen molar-refractivity contribution in [2.24, 2.45) is 33.5 Å². The summed E-state index contributed by atoms with van der Waals surface area (Å²) in [6.45, 7) is 12.2. The minimum absolute atomic E-state index is 0.0293. The van der Waals surface area contributed by atoms with E-state index in [4.69, 9.17) is 18.6 Å². The van der Waals surface area contributed by atoms with Gasteiger partial charge in [0.1, 0.15) is 23.6 Å². The summed E-state index contributed by atoms with van der Waals surface area (Å²) < 4.78 is 24.2. The maximum Gasteiger partial charge on any atom is 0.302 e. The Kier molecular flexibility index (Phi) is 4.80. The van der Waals surface area contributed by atoms with E-state index >= 15 is 0 Å². The van der Waals surface area contributed by atoms with Gasteiger partial charge < -0.3 is 18.6 Å². The molecular formula is C29H38O7. The van der Waals surface area contributed by atoms with Crippen LogP contribution in [0.4, 0.5) is 0 Å². The lowest BCUT2D eigenvalue weighted by molar-refractivity contribution is -0.269. The van der Waals surface area contributed by atoms with E-state index in [-0.39, 0.29) is 46.8 Å². The third kappa shape index (κ3) is 2.45. The van der Waals surface area contributed by atoms with Gasteiger partial charge in [-0.05, 0) is 37.2 Å². The van der Waals surface area contributed by atoms with Gasteiger partial charge in [0.05, 0.1) is 24.5 Å². The SMILES string of the molecule is COC1CC(=O)C(C)(C)C2CC(OC(C)=O)C3(C)C(CCC4(C)C(c5ccoc5)C(=O)C5OC543)C12C. The molecule has 4 aliphatic carbocycles. The predicted molar refractivity (Wildman–Crippen MR) is 129 cm³/mol. The van der Waals surface area contributed by atoms with Crippen LogP contribution in [0.3, 0.4) is 0 Å². The van der Waals surface area contributed by atoms with Crippen molar-refractivity contribution in [3.8, 4) is 0 Å². The number of Topliss-reactive ketones (excluding diaryl/α,β-unsaturated/α-hetero) is 2. The molecule has 1 aromatic rings. The summed E-state index contributed by atoms with van der Waals surface area (Å²) in [6.07, 6.45) is 4.59. The number of hydrogen-bond donors (Lipinski definition) is 0. The molecule has 7 nitrogen and oxygen atoms in total. The molecule has 1 saturated heterocycles. The molecule has 6 rings (SSSR count).